The topological polar surface area (TPSA) is 38.7 Å². The molecule has 0 aliphatic carbocycles. The Balaban J connectivity index is 1.74. The molecule has 0 spiro atoms. The minimum atomic E-state index is -0.139. The van der Waals surface area contributed by atoms with Gasteiger partial charge < -0.3 is 15.3 Å². The average molecular weight is 283 g/mol. The number of rotatable bonds is 7. The normalized spacial score (nSPS) is 28.4. The highest BCUT2D eigenvalue weighted by molar-refractivity contribution is 4.89. The van der Waals surface area contributed by atoms with Crippen molar-refractivity contribution in [2.24, 2.45) is 0 Å². The van der Waals surface area contributed by atoms with Gasteiger partial charge in [0, 0.05) is 30.7 Å². The molecule has 2 atom stereocenters. The van der Waals surface area contributed by atoms with Crippen molar-refractivity contribution < 1.29 is 5.11 Å². The molecular formula is C16H33N3O. The van der Waals surface area contributed by atoms with E-state index in [1.54, 1.807) is 0 Å². The summed E-state index contributed by atoms with van der Waals surface area (Å²) in [6.07, 6.45) is 5.12. The van der Waals surface area contributed by atoms with Gasteiger partial charge in [-0.05, 0) is 52.2 Å². The third kappa shape index (κ3) is 4.42. The molecular weight excluding hydrogens is 250 g/mol. The van der Waals surface area contributed by atoms with Crippen molar-refractivity contribution >= 4 is 0 Å². The van der Waals surface area contributed by atoms with E-state index in [4.69, 9.17) is 0 Å². The zero-order valence-corrected chi connectivity index (χ0v) is 13.6. The number of aliphatic hydroxyl groups is 1. The molecule has 4 heteroatoms. The zero-order valence-electron chi connectivity index (χ0n) is 13.6. The summed E-state index contributed by atoms with van der Waals surface area (Å²) in [5, 5.41) is 13.2. The molecule has 0 amide bonds. The first-order valence-corrected chi connectivity index (χ1v) is 8.37. The second kappa shape index (κ2) is 7.21. The van der Waals surface area contributed by atoms with E-state index >= 15 is 0 Å². The van der Waals surface area contributed by atoms with Crippen molar-refractivity contribution in [1.82, 2.24) is 15.1 Å². The highest BCUT2D eigenvalue weighted by atomic mass is 16.3. The molecule has 4 nitrogen and oxygen atoms in total. The summed E-state index contributed by atoms with van der Waals surface area (Å²) in [7, 11) is 0. The molecule has 2 unspecified atom stereocenters. The maximum Gasteiger partial charge on any atom is 0.0611 e. The third-order valence-electron chi connectivity index (χ3n) is 4.87. The highest BCUT2D eigenvalue weighted by Gasteiger charge is 2.31. The Kier molecular flexibility index (Phi) is 5.84. The Bertz CT molecular complexity index is 291. The van der Waals surface area contributed by atoms with E-state index < -0.39 is 0 Å². The fourth-order valence-corrected chi connectivity index (χ4v) is 3.72. The van der Waals surface area contributed by atoms with Crippen molar-refractivity contribution in [2.75, 3.05) is 39.3 Å². The molecule has 2 N–H and O–H groups in total. The molecule has 2 heterocycles. The molecule has 0 bridgehead atoms. The number of nitrogens with zero attached hydrogens (tertiary/aromatic N) is 2. The maximum absolute atomic E-state index is 9.64. The van der Waals surface area contributed by atoms with Crippen molar-refractivity contribution in [3.05, 3.63) is 0 Å². The van der Waals surface area contributed by atoms with Gasteiger partial charge in [-0.25, -0.2) is 0 Å². The van der Waals surface area contributed by atoms with E-state index in [0.717, 1.165) is 19.0 Å². The van der Waals surface area contributed by atoms with Gasteiger partial charge in [0.05, 0.1) is 6.61 Å². The molecule has 118 valence electrons. The first-order chi connectivity index (χ1) is 9.52. The van der Waals surface area contributed by atoms with Crippen LogP contribution in [0.15, 0.2) is 0 Å². The van der Waals surface area contributed by atoms with Crippen LogP contribution in [-0.2, 0) is 0 Å². The van der Waals surface area contributed by atoms with Gasteiger partial charge in [0.15, 0.2) is 0 Å². The fraction of sp³-hybridized carbons (Fsp3) is 1.00. The predicted octanol–water partition coefficient (Wildman–Crippen LogP) is 1.30. The van der Waals surface area contributed by atoms with Crippen LogP contribution in [0.4, 0.5) is 0 Å². The van der Waals surface area contributed by atoms with Crippen LogP contribution in [0.25, 0.3) is 0 Å². The number of hydrogen-bond donors (Lipinski definition) is 2. The minimum absolute atomic E-state index is 0.139. The molecule has 0 aromatic carbocycles. The van der Waals surface area contributed by atoms with Crippen LogP contribution in [0.3, 0.4) is 0 Å². The van der Waals surface area contributed by atoms with Crippen LogP contribution < -0.4 is 5.32 Å². The standard InChI is InChI=1S/C16H33N3O/c1-14(2)17-16(3,13-20)7-11-18-10-6-15(12-18)19-8-4-5-9-19/h14-15,17,20H,4-13H2,1-3H3. The van der Waals surface area contributed by atoms with E-state index in [9.17, 15) is 5.11 Å². The van der Waals surface area contributed by atoms with Gasteiger partial charge in [-0.3, -0.25) is 4.90 Å². The van der Waals surface area contributed by atoms with Crippen LogP contribution in [0.1, 0.15) is 46.5 Å². The lowest BCUT2D eigenvalue weighted by atomic mass is 9.97. The van der Waals surface area contributed by atoms with E-state index in [2.05, 4.69) is 35.9 Å². The van der Waals surface area contributed by atoms with Gasteiger partial charge in [0.2, 0.25) is 0 Å². The summed E-state index contributed by atoms with van der Waals surface area (Å²) in [5.74, 6) is 0. The van der Waals surface area contributed by atoms with Crippen molar-refractivity contribution in [2.45, 2.75) is 64.1 Å². The van der Waals surface area contributed by atoms with Crippen molar-refractivity contribution in [3.8, 4) is 0 Å². The second-order valence-corrected chi connectivity index (χ2v) is 7.25. The summed E-state index contributed by atoms with van der Waals surface area (Å²) in [5.41, 5.74) is -0.139. The van der Waals surface area contributed by atoms with E-state index in [1.807, 2.05) is 0 Å². The van der Waals surface area contributed by atoms with Gasteiger partial charge in [-0.2, -0.15) is 0 Å². The van der Waals surface area contributed by atoms with Crippen LogP contribution >= 0.6 is 0 Å². The van der Waals surface area contributed by atoms with Crippen LogP contribution in [0.2, 0.25) is 0 Å². The molecule has 0 saturated carbocycles. The Labute approximate surface area is 124 Å². The van der Waals surface area contributed by atoms with E-state index in [0.29, 0.717) is 6.04 Å². The van der Waals surface area contributed by atoms with Crippen LogP contribution in [-0.4, -0.2) is 71.9 Å². The van der Waals surface area contributed by atoms with Crippen molar-refractivity contribution in [3.63, 3.8) is 0 Å². The number of likely N-dealkylation sites (tertiary alicyclic amines) is 2. The van der Waals surface area contributed by atoms with Crippen LogP contribution in [0.5, 0.6) is 0 Å². The van der Waals surface area contributed by atoms with Crippen LogP contribution in [0, 0.1) is 0 Å². The molecule has 2 aliphatic rings. The molecule has 0 aromatic heterocycles. The third-order valence-corrected chi connectivity index (χ3v) is 4.87. The fourth-order valence-electron chi connectivity index (χ4n) is 3.72. The lowest BCUT2D eigenvalue weighted by Gasteiger charge is -2.33. The summed E-state index contributed by atoms with van der Waals surface area (Å²) >= 11 is 0. The van der Waals surface area contributed by atoms with E-state index in [1.165, 1.54) is 45.4 Å². The number of aliphatic hydroxyl groups excluding tert-OH is 1. The van der Waals surface area contributed by atoms with Gasteiger partial charge in [0.1, 0.15) is 0 Å². The van der Waals surface area contributed by atoms with E-state index in [-0.39, 0.29) is 12.1 Å². The molecule has 2 aliphatic heterocycles. The second-order valence-electron chi connectivity index (χ2n) is 7.25. The molecule has 0 aromatic rings. The average Bonchev–Trinajstić information content (AvgIpc) is 3.06. The molecule has 0 radical (unpaired) electrons. The summed E-state index contributed by atoms with van der Waals surface area (Å²) in [6, 6.07) is 1.21. The Morgan fingerprint density at radius 2 is 1.95 bits per heavy atom. The number of nitrogens with one attached hydrogen (secondary N) is 1. The summed E-state index contributed by atoms with van der Waals surface area (Å²) in [6.45, 7) is 12.8. The first kappa shape index (κ1) is 16.2. The smallest absolute Gasteiger partial charge is 0.0611 e. The minimum Gasteiger partial charge on any atom is -0.394 e. The first-order valence-electron chi connectivity index (χ1n) is 8.37. The van der Waals surface area contributed by atoms with Crippen molar-refractivity contribution in [1.29, 1.82) is 0 Å². The highest BCUT2D eigenvalue weighted by Crippen LogP contribution is 2.21. The maximum atomic E-state index is 9.64. The predicted molar refractivity (Wildman–Crippen MR) is 84.0 cm³/mol. The van der Waals surface area contributed by atoms with Gasteiger partial charge in [-0.1, -0.05) is 13.8 Å². The lowest BCUT2D eigenvalue weighted by Crippen LogP contribution is -2.50. The zero-order chi connectivity index (χ0) is 14.6. The Morgan fingerprint density at radius 3 is 2.55 bits per heavy atom. The molecule has 2 saturated heterocycles. The van der Waals surface area contributed by atoms with Gasteiger partial charge in [0.25, 0.3) is 0 Å². The van der Waals surface area contributed by atoms with Gasteiger partial charge in [-0.15, -0.1) is 0 Å². The Morgan fingerprint density at radius 1 is 1.25 bits per heavy atom. The molecule has 2 fully saturated rings. The van der Waals surface area contributed by atoms with Gasteiger partial charge >= 0.3 is 0 Å². The summed E-state index contributed by atoms with van der Waals surface area (Å²) < 4.78 is 0. The number of hydrogen-bond acceptors (Lipinski definition) is 4. The largest absolute Gasteiger partial charge is 0.394 e. The molecule has 2 rings (SSSR count). The Hall–Kier alpha value is -0.160. The summed E-state index contributed by atoms with van der Waals surface area (Å²) in [4.78, 5) is 5.26. The SMILES string of the molecule is CC(C)NC(C)(CO)CCN1CCC(N2CCCC2)C1. The quantitative estimate of drug-likeness (QED) is 0.739. The lowest BCUT2D eigenvalue weighted by molar-refractivity contribution is 0.140. The molecule has 20 heavy (non-hydrogen) atoms. The monoisotopic (exact) mass is 283 g/mol.